The molecule has 2 aromatic carbocycles. The van der Waals surface area contributed by atoms with Gasteiger partial charge in [-0.1, -0.05) is 47.0 Å². The summed E-state index contributed by atoms with van der Waals surface area (Å²) in [6, 6.07) is 13.0. The van der Waals surface area contributed by atoms with E-state index in [1.807, 2.05) is 37.3 Å². The molecule has 12 heteroatoms. The highest BCUT2D eigenvalue weighted by atomic mass is 35.5. The molecule has 228 valence electrons. The van der Waals surface area contributed by atoms with Crippen LogP contribution in [0.1, 0.15) is 35.5 Å². The predicted molar refractivity (Wildman–Crippen MR) is 159 cm³/mol. The van der Waals surface area contributed by atoms with Crippen LogP contribution >= 0.6 is 23.2 Å². The predicted octanol–water partition coefficient (Wildman–Crippen LogP) is 5.00. The molecular weight excluding hydrogens is 599 g/mol. The van der Waals surface area contributed by atoms with Gasteiger partial charge in [0.25, 0.3) is 5.91 Å². The van der Waals surface area contributed by atoms with E-state index in [2.05, 4.69) is 10.3 Å². The smallest absolute Gasteiger partial charge is 0.331 e. The van der Waals surface area contributed by atoms with Crippen LogP contribution in [-0.2, 0) is 25.5 Å². The molecule has 1 fully saturated rings. The molecule has 3 aromatic rings. The maximum Gasteiger partial charge on any atom is 0.331 e. The molecule has 1 N–H and O–H groups in total. The Balaban J connectivity index is 1.59. The van der Waals surface area contributed by atoms with Crippen LogP contribution in [0.4, 0.5) is 0 Å². The second kappa shape index (κ2) is 14.5. The average molecular weight is 632 g/mol. The van der Waals surface area contributed by atoms with Crippen molar-refractivity contribution in [3.05, 3.63) is 81.6 Å². The number of benzene rings is 2. The molecule has 0 radical (unpaired) electrons. The van der Waals surface area contributed by atoms with E-state index in [0.717, 1.165) is 11.1 Å². The van der Waals surface area contributed by atoms with E-state index in [0.29, 0.717) is 22.2 Å². The third-order valence-electron chi connectivity index (χ3n) is 6.78. The zero-order chi connectivity index (χ0) is 31.1. The summed E-state index contributed by atoms with van der Waals surface area (Å²) in [7, 11) is 1.36. The molecule has 1 aliphatic rings. The molecule has 4 rings (SSSR count). The van der Waals surface area contributed by atoms with Gasteiger partial charge in [-0.25, -0.2) is 9.78 Å². The molecule has 43 heavy (non-hydrogen) atoms. The van der Waals surface area contributed by atoms with E-state index in [4.69, 9.17) is 46.9 Å². The van der Waals surface area contributed by atoms with Crippen LogP contribution in [0.25, 0.3) is 0 Å². The van der Waals surface area contributed by atoms with Crippen molar-refractivity contribution in [2.24, 2.45) is 5.92 Å². The lowest BCUT2D eigenvalue weighted by atomic mass is 9.91. The summed E-state index contributed by atoms with van der Waals surface area (Å²) >= 11 is 12.6. The van der Waals surface area contributed by atoms with Gasteiger partial charge in [-0.3, -0.25) is 9.59 Å². The highest BCUT2D eigenvalue weighted by molar-refractivity contribution is 6.35. The summed E-state index contributed by atoms with van der Waals surface area (Å²) in [4.78, 5) is 42.3. The van der Waals surface area contributed by atoms with E-state index in [1.165, 1.54) is 26.3 Å². The van der Waals surface area contributed by atoms with E-state index in [1.54, 1.807) is 19.1 Å². The fraction of sp³-hybridized carbons (Fsp3) is 0.355. The first-order valence-corrected chi connectivity index (χ1v) is 14.3. The zero-order valence-electron chi connectivity index (χ0n) is 24.1. The Bertz CT molecular complexity index is 1470. The zero-order valence-corrected chi connectivity index (χ0v) is 25.6. The molecule has 0 saturated carbocycles. The normalized spacial score (nSPS) is 20.6. The summed E-state index contributed by atoms with van der Waals surface area (Å²) in [5.41, 5.74) is 1.64. The van der Waals surface area contributed by atoms with Crippen LogP contribution in [0, 0.1) is 12.8 Å². The van der Waals surface area contributed by atoms with Gasteiger partial charge in [-0.05, 0) is 50.1 Å². The quantitative estimate of drug-likeness (QED) is 0.343. The molecule has 4 atom stereocenters. The van der Waals surface area contributed by atoms with E-state index >= 15 is 0 Å². The number of cyclic esters (lactones) is 1. The minimum atomic E-state index is -1.20. The second-order valence-electron chi connectivity index (χ2n) is 10.1. The SMILES string of the molecule is COc1ccnc(C(=O)N[C@H]2COC[C@H](Cc3ccc(Cl)cc3Cl)[C@@H](Oc3ccc(C)cc3)[C@H](C)OC2=O)c1OC(C)=O. The molecule has 10 nitrogen and oxygen atoms in total. The first-order chi connectivity index (χ1) is 20.5. The van der Waals surface area contributed by atoms with Crippen molar-refractivity contribution < 1.29 is 38.1 Å². The van der Waals surface area contributed by atoms with Crippen molar-refractivity contribution in [2.75, 3.05) is 20.3 Å². The van der Waals surface area contributed by atoms with E-state index in [-0.39, 0.29) is 36.3 Å². The Kier molecular flexibility index (Phi) is 10.8. The number of carbonyl (C=O) groups excluding carboxylic acids is 3. The number of nitrogens with zero attached hydrogens (tertiary/aromatic N) is 1. The third kappa shape index (κ3) is 8.37. The summed E-state index contributed by atoms with van der Waals surface area (Å²) in [5, 5.41) is 3.59. The third-order valence-corrected chi connectivity index (χ3v) is 7.36. The van der Waals surface area contributed by atoms with E-state index < -0.39 is 36.1 Å². The maximum absolute atomic E-state index is 13.3. The van der Waals surface area contributed by atoms with Crippen LogP contribution < -0.4 is 19.5 Å². The molecular formula is C31H32Cl2N2O8. The summed E-state index contributed by atoms with van der Waals surface area (Å²) < 4.78 is 28.6. The maximum atomic E-state index is 13.3. The number of nitrogens with one attached hydrogen (secondary N) is 1. The minimum Gasteiger partial charge on any atom is -0.493 e. The fourth-order valence-corrected chi connectivity index (χ4v) is 5.13. The first-order valence-electron chi connectivity index (χ1n) is 13.5. The van der Waals surface area contributed by atoms with Gasteiger partial charge >= 0.3 is 11.9 Å². The Morgan fingerprint density at radius 2 is 1.84 bits per heavy atom. The van der Waals surface area contributed by atoms with Crippen LogP contribution in [0.2, 0.25) is 10.0 Å². The van der Waals surface area contributed by atoms with Gasteiger partial charge in [0.05, 0.1) is 20.3 Å². The molecule has 1 saturated heterocycles. The standard InChI is InChI=1S/C31H32Cl2N2O8/c1-17-5-9-23(10-6-17)43-28-18(2)41-31(38)25(16-40-15-21(28)13-20-7-8-22(32)14-24(20)33)35-30(37)27-29(42-19(3)36)26(39-4)11-12-34-27/h5-12,14,18,21,25,28H,13,15-16H2,1-4H3,(H,35,37)/t18-,21-,25-,28-/m0/s1. The minimum absolute atomic E-state index is 0.122. The van der Waals surface area contributed by atoms with Crippen molar-refractivity contribution in [3.8, 4) is 17.2 Å². The lowest BCUT2D eigenvalue weighted by molar-refractivity contribution is -0.156. The molecule has 0 aliphatic carbocycles. The summed E-state index contributed by atoms with van der Waals surface area (Å²) in [5.74, 6) is -1.97. The van der Waals surface area contributed by atoms with Crippen molar-refractivity contribution in [1.29, 1.82) is 0 Å². The number of aryl methyl sites for hydroxylation is 1. The summed E-state index contributed by atoms with van der Waals surface area (Å²) in [6.07, 6.45) is 0.367. The Morgan fingerprint density at radius 3 is 2.51 bits per heavy atom. The van der Waals surface area contributed by atoms with Crippen LogP contribution in [0.3, 0.4) is 0 Å². The van der Waals surface area contributed by atoms with Crippen molar-refractivity contribution in [1.82, 2.24) is 10.3 Å². The van der Waals surface area contributed by atoms with Crippen LogP contribution in [0.15, 0.2) is 54.7 Å². The first kappa shape index (κ1) is 32.1. The van der Waals surface area contributed by atoms with E-state index in [9.17, 15) is 14.4 Å². The van der Waals surface area contributed by atoms with Crippen LogP contribution in [0.5, 0.6) is 17.2 Å². The lowest BCUT2D eigenvalue weighted by Crippen LogP contribution is -2.47. The lowest BCUT2D eigenvalue weighted by Gasteiger charge is -2.31. The number of rotatable bonds is 8. The molecule has 0 bridgehead atoms. The number of halogens is 2. The number of methoxy groups -OCH3 is 1. The van der Waals surface area contributed by atoms with Gasteiger partial charge in [0.15, 0.2) is 17.5 Å². The summed E-state index contributed by atoms with van der Waals surface area (Å²) in [6.45, 7) is 4.82. The number of pyridine rings is 1. The van der Waals surface area contributed by atoms with Crippen molar-refractivity contribution >= 4 is 41.0 Å². The second-order valence-corrected chi connectivity index (χ2v) is 10.9. The highest BCUT2D eigenvalue weighted by Gasteiger charge is 2.37. The molecule has 0 spiro atoms. The van der Waals surface area contributed by atoms with Gasteiger partial charge in [0, 0.05) is 35.2 Å². The van der Waals surface area contributed by atoms with Crippen molar-refractivity contribution in [3.63, 3.8) is 0 Å². The number of ether oxygens (including phenoxy) is 5. The Labute approximate surface area is 259 Å². The van der Waals surface area contributed by atoms with Gasteiger partial charge in [-0.15, -0.1) is 0 Å². The molecule has 2 heterocycles. The van der Waals surface area contributed by atoms with Crippen molar-refractivity contribution in [2.45, 2.75) is 45.4 Å². The number of aromatic nitrogens is 1. The largest absolute Gasteiger partial charge is 0.493 e. The fourth-order valence-electron chi connectivity index (χ4n) is 4.65. The molecule has 1 aromatic heterocycles. The number of esters is 2. The monoisotopic (exact) mass is 630 g/mol. The molecule has 0 unspecified atom stereocenters. The highest BCUT2D eigenvalue weighted by Crippen LogP contribution is 2.31. The van der Waals surface area contributed by atoms with Gasteiger partial charge < -0.3 is 29.0 Å². The number of amides is 1. The Hall–Kier alpha value is -3.86. The number of carbonyl (C=O) groups is 3. The number of hydrogen-bond donors (Lipinski definition) is 1. The van der Waals surface area contributed by atoms with Gasteiger partial charge in [-0.2, -0.15) is 0 Å². The van der Waals surface area contributed by atoms with Crippen LogP contribution in [-0.4, -0.2) is 61.4 Å². The number of hydrogen-bond acceptors (Lipinski definition) is 9. The van der Waals surface area contributed by atoms with Gasteiger partial charge in [0.2, 0.25) is 5.75 Å². The molecule has 1 amide bonds. The molecule has 1 aliphatic heterocycles. The Morgan fingerprint density at radius 1 is 1.09 bits per heavy atom. The average Bonchev–Trinajstić information content (AvgIpc) is 3.00. The van der Waals surface area contributed by atoms with Gasteiger partial charge in [0.1, 0.15) is 18.0 Å². The topological polar surface area (TPSA) is 122 Å².